The average Bonchev–Trinajstić information content (AvgIpc) is 2.72. The monoisotopic (exact) mass is 406 g/mol. The van der Waals surface area contributed by atoms with Crippen LogP contribution in [0.25, 0.3) is 0 Å². The average molecular weight is 407 g/mol. The molecule has 168 valence electrons. The fraction of sp³-hybridized carbons (Fsp3) is 0.800. The van der Waals surface area contributed by atoms with Crippen LogP contribution in [0.2, 0.25) is 0 Å². The quantitative estimate of drug-likeness (QED) is 0.234. The zero-order chi connectivity index (χ0) is 21.3. The fourth-order valence-electron chi connectivity index (χ4n) is 3.97. The number of nitrogens with two attached hydrogens (primary N) is 1. The summed E-state index contributed by atoms with van der Waals surface area (Å²) in [7, 11) is 0. The van der Waals surface area contributed by atoms with E-state index in [0.717, 1.165) is 13.1 Å². The third-order valence-corrected chi connectivity index (χ3v) is 5.74. The number of unbranched alkanes of at least 4 members (excludes halogenated alkanes) is 10. The number of carbonyl (C=O) groups is 1. The third kappa shape index (κ3) is 10.9. The molecular formula is C25H46N2O2. The molecular weight excluding hydrogens is 360 g/mol. The summed E-state index contributed by atoms with van der Waals surface area (Å²) in [5.41, 5.74) is 8.38. The Labute approximate surface area is 179 Å². The minimum atomic E-state index is -0.225. The molecule has 0 aromatic carbocycles. The number of ether oxygens (including phenoxy) is 1. The normalized spacial score (nSPS) is 16.3. The topological polar surface area (TPSA) is 55.6 Å². The Morgan fingerprint density at radius 2 is 1.41 bits per heavy atom. The van der Waals surface area contributed by atoms with Crippen LogP contribution in [0.5, 0.6) is 0 Å². The molecule has 1 rings (SSSR count). The molecule has 0 heterocycles. The third-order valence-electron chi connectivity index (χ3n) is 5.74. The Balaban J connectivity index is 2.61. The number of carbonyl (C=O) groups excluding carboxylic acids is 1. The number of rotatable bonds is 17. The van der Waals surface area contributed by atoms with Crippen molar-refractivity contribution >= 4 is 5.97 Å². The molecule has 0 amide bonds. The molecule has 29 heavy (non-hydrogen) atoms. The van der Waals surface area contributed by atoms with Crippen LogP contribution >= 0.6 is 0 Å². The molecule has 0 aromatic rings. The second-order valence-corrected chi connectivity index (χ2v) is 8.34. The van der Waals surface area contributed by atoms with Gasteiger partial charge in [-0.15, -0.1) is 0 Å². The van der Waals surface area contributed by atoms with Gasteiger partial charge < -0.3 is 15.4 Å². The van der Waals surface area contributed by atoms with Crippen molar-refractivity contribution < 1.29 is 9.53 Å². The summed E-state index contributed by atoms with van der Waals surface area (Å²) in [4.78, 5) is 14.5. The van der Waals surface area contributed by atoms with E-state index in [0.29, 0.717) is 18.6 Å². The SMILES string of the molecule is CCCCCCCCN(CCCCCCCC)C1=CC=C(C(=O)OCC)CC1N. The molecule has 0 fully saturated rings. The smallest absolute Gasteiger partial charge is 0.334 e. The lowest BCUT2D eigenvalue weighted by molar-refractivity contribution is -0.138. The summed E-state index contributed by atoms with van der Waals surface area (Å²) in [5, 5.41) is 0. The van der Waals surface area contributed by atoms with Gasteiger partial charge in [-0.1, -0.05) is 78.1 Å². The van der Waals surface area contributed by atoms with E-state index >= 15 is 0 Å². The van der Waals surface area contributed by atoms with Crippen LogP contribution in [0.3, 0.4) is 0 Å². The summed E-state index contributed by atoms with van der Waals surface area (Å²) < 4.78 is 5.14. The van der Waals surface area contributed by atoms with Gasteiger partial charge in [0.2, 0.25) is 0 Å². The first-order valence-corrected chi connectivity index (χ1v) is 12.2. The maximum atomic E-state index is 12.0. The van der Waals surface area contributed by atoms with Gasteiger partial charge in [0, 0.05) is 36.8 Å². The van der Waals surface area contributed by atoms with Gasteiger partial charge in [0.1, 0.15) is 0 Å². The molecule has 0 aromatic heterocycles. The molecule has 1 unspecified atom stereocenters. The fourth-order valence-corrected chi connectivity index (χ4v) is 3.97. The van der Waals surface area contributed by atoms with Gasteiger partial charge in [-0.25, -0.2) is 4.79 Å². The predicted molar refractivity (Wildman–Crippen MR) is 124 cm³/mol. The van der Waals surface area contributed by atoms with Crippen LogP contribution < -0.4 is 5.73 Å². The van der Waals surface area contributed by atoms with Crippen LogP contribution in [0.1, 0.15) is 104 Å². The number of nitrogens with zero attached hydrogens (tertiary/aromatic N) is 1. The molecule has 1 aliphatic rings. The molecule has 1 atom stereocenters. The van der Waals surface area contributed by atoms with Crippen LogP contribution in [0.4, 0.5) is 0 Å². The highest BCUT2D eigenvalue weighted by atomic mass is 16.5. The minimum absolute atomic E-state index is 0.111. The minimum Gasteiger partial charge on any atom is -0.463 e. The molecule has 1 aliphatic carbocycles. The van der Waals surface area contributed by atoms with Crippen LogP contribution in [-0.4, -0.2) is 36.6 Å². The van der Waals surface area contributed by atoms with Crippen LogP contribution in [-0.2, 0) is 9.53 Å². The summed E-state index contributed by atoms with van der Waals surface area (Å²) in [6.45, 7) is 8.91. The molecule has 0 aliphatic heterocycles. The lowest BCUT2D eigenvalue weighted by Crippen LogP contribution is -2.38. The van der Waals surface area contributed by atoms with Crippen molar-refractivity contribution in [3.63, 3.8) is 0 Å². The van der Waals surface area contributed by atoms with Gasteiger partial charge in [0.25, 0.3) is 0 Å². The highest BCUT2D eigenvalue weighted by Crippen LogP contribution is 2.23. The molecule has 4 nitrogen and oxygen atoms in total. The Hall–Kier alpha value is -1.29. The Kier molecular flexibility index (Phi) is 14.6. The van der Waals surface area contributed by atoms with Crippen LogP contribution in [0, 0.1) is 0 Å². The number of hydrogen-bond donors (Lipinski definition) is 1. The lowest BCUT2D eigenvalue weighted by atomic mass is 9.96. The number of esters is 1. The standard InChI is InChI=1S/C25H46N2O2/c1-4-7-9-11-13-15-19-27(20-16-14-12-10-8-5-2)24-18-17-22(21-23(24)26)25(28)29-6-3/h17-18,23H,4-16,19-21,26H2,1-3H3. The molecule has 0 bridgehead atoms. The van der Waals surface area contributed by atoms with Crippen LogP contribution in [0.15, 0.2) is 23.4 Å². The maximum Gasteiger partial charge on any atom is 0.334 e. The Bertz CT molecular complexity index is 483. The van der Waals surface area contributed by atoms with E-state index in [1.807, 2.05) is 13.0 Å². The lowest BCUT2D eigenvalue weighted by Gasteiger charge is -2.33. The molecule has 0 radical (unpaired) electrons. The van der Waals surface area contributed by atoms with E-state index in [9.17, 15) is 4.79 Å². The zero-order valence-corrected chi connectivity index (χ0v) is 19.4. The second kappa shape index (κ2) is 16.5. The van der Waals surface area contributed by atoms with Crippen molar-refractivity contribution in [1.29, 1.82) is 0 Å². The van der Waals surface area contributed by atoms with Gasteiger partial charge in [-0.2, -0.15) is 0 Å². The van der Waals surface area contributed by atoms with Gasteiger partial charge >= 0.3 is 5.97 Å². The van der Waals surface area contributed by atoms with Crippen molar-refractivity contribution in [3.8, 4) is 0 Å². The number of hydrogen-bond acceptors (Lipinski definition) is 4. The first kappa shape index (κ1) is 25.7. The Morgan fingerprint density at radius 3 is 1.90 bits per heavy atom. The molecule has 0 spiro atoms. The molecule has 2 N–H and O–H groups in total. The highest BCUT2D eigenvalue weighted by molar-refractivity contribution is 5.89. The van der Waals surface area contributed by atoms with Gasteiger partial charge in [-0.05, 0) is 31.9 Å². The van der Waals surface area contributed by atoms with Crippen molar-refractivity contribution in [2.24, 2.45) is 5.73 Å². The highest BCUT2D eigenvalue weighted by Gasteiger charge is 2.24. The molecule has 0 saturated carbocycles. The van der Waals surface area contributed by atoms with Gasteiger partial charge in [-0.3, -0.25) is 0 Å². The maximum absolute atomic E-state index is 12.0. The summed E-state index contributed by atoms with van der Waals surface area (Å²) in [6, 6.07) is -0.111. The van der Waals surface area contributed by atoms with Gasteiger partial charge in [0.05, 0.1) is 6.61 Å². The van der Waals surface area contributed by atoms with Crippen molar-refractivity contribution in [3.05, 3.63) is 23.4 Å². The van der Waals surface area contributed by atoms with Crippen molar-refractivity contribution in [2.75, 3.05) is 19.7 Å². The first-order valence-electron chi connectivity index (χ1n) is 12.2. The van der Waals surface area contributed by atoms with Crippen molar-refractivity contribution in [2.45, 2.75) is 110 Å². The summed E-state index contributed by atoms with van der Waals surface area (Å²) >= 11 is 0. The largest absolute Gasteiger partial charge is 0.463 e. The summed E-state index contributed by atoms with van der Waals surface area (Å²) in [6.07, 6.45) is 20.2. The second-order valence-electron chi connectivity index (χ2n) is 8.34. The molecule has 4 heteroatoms. The van der Waals surface area contributed by atoms with E-state index in [1.54, 1.807) is 0 Å². The predicted octanol–water partition coefficient (Wildman–Crippen LogP) is 6.11. The van der Waals surface area contributed by atoms with E-state index < -0.39 is 0 Å². The van der Waals surface area contributed by atoms with E-state index in [1.165, 1.54) is 82.7 Å². The zero-order valence-electron chi connectivity index (χ0n) is 19.4. The Morgan fingerprint density at radius 1 is 0.897 bits per heavy atom. The molecule has 0 saturated heterocycles. The first-order chi connectivity index (χ1) is 14.1. The van der Waals surface area contributed by atoms with E-state index in [4.69, 9.17) is 10.5 Å². The summed E-state index contributed by atoms with van der Waals surface area (Å²) in [5.74, 6) is -0.225. The number of allylic oxidation sites excluding steroid dienone is 2. The van der Waals surface area contributed by atoms with Crippen molar-refractivity contribution in [1.82, 2.24) is 4.90 Å². The van der Waals surface area contributed by atoms with E-state index in [-0.39, 0.29) is 12.0 Å². The van der Waals surface area contributed by atoms with E-state index in [2.05, 4.69) is 24.8 Å². The van der Waals surface area contributed by atoms with Gasteiger partial charge in [0.15, 0.2) is 0 Å².